The van der Waals surface area contributed by atoms with Gasteiger partial charge in [0.2, 0.25) is 0 Å². The first-order valence-corrected chi connectivity index (χ1v) is 7.74. The van der Waals surface area contributed by atoms with E-state index in [2.05, 4.69) is 22.1 Å². The van der Waals surface area contributed by atoms with Crippen LogP contribution >= 0.6 is 23.2 Å². The fourth-order valence-corrected chi connectivity index (χ4v) is 2.63. The van der Waals surface area contributed by atoms with Crippen molar-refractivity contribution < 1.29 is 0 Å². The van der Waals surface area contributed by atoms with E-state index >= 15 is 0 Å². The normalized spacial score (nSPS) is 12.6. The van der Waals surface area contributed by atoms with E-state index < -0.39 is 0 Å². The highest BCUT2D eigenvalue weighted by Gasteiger charge is 2.05. The first kappa shape index (κ1) is 16.7. The van der Waals surface area contributed by atoms with Gasteiger partial charge in [0.05, 0.1) is 11.4 Å². The zero-order chi connectivity index (χ0) is 16.3. The molecule has 2 aromatic rings. The minimum atomic E-state index is 0.186. The van der Waals surface area contributed by atoms with E-state index in [0.717, 1.165) is 33.6 Å². The molecule has 0 radical (unpaired) electrons. The predicted molar refractivity (Wildman–Crippen MR) is 97.7 cm³/mol. The molecule has 0 aromatic heterocycles. The summed E-state index contributed by atoms with van der Waals surface area (Å²) < 4.78 is 0. The Morgan fingerprint density at radius 3 is 1.14 bits per heavy atom. The number of benzene rings is 2. The molecular formula is C18H18Cl2N2. The summed E-state index contributed by atoms with van der Waals surface area (Å²) in [5.74, 6) is 0. The van der Waals surface area contributed by atoms with Gasteiger partial charge in [-0.2, -0.15) is 0 Å². The van der Waals surface area contributed by atoms with Gasteiger partial charge in [-0.15, -0.1) is 0 Å². The van der Waals surface area contributed by atoms with Gasteiger partial charge in [-0.1, -0.05) is 35.3 Å². The van der Waals surface area contributed by atoms with Gasteiger partial charge in [-0.3, -0.25) is 0 Å². The molecule has 0 fully saturated rings. The molecule has 0 atom stereocenters. The molecule has 4 heteroatoms. The second-order valence-corrected chi connectivity index (χ2v) is 6.21. The summed E-state index contributed by atoms with van der Waals surface area (Å²) in [6.45, 7) is 8.08. The van der Waals surface area contributed by atoms with Crippen LogP contribution in [0, 0.1) is 27.7 Å². The summed E-state index contributed by atoms with van der Waals surface area (Å²) in [4.78, 5) is 8.68. The van der Waals surface area contributed by atoms with Crippen LogP contribution in [0.4, 0.5) is 11.4 Å². The summed E-state index contributed by atoms with van der Waals surface area (Å²) in [6, 6.07) is 12.0. The molecule has 0 saturated carbocycles. The Kier molecular flexibility index (Phi) is 5.38. The molecule has 2 aromatic carbocycles. The maximum Gasteiger partial charge on any atom is 0.166 e. The Labute approximate surface area is 141 Å². The van der Waals surface area contributed by atoms with E-state index in [1.165, 1.54) is 0 Å². The second-order valence-electron chi connectivity index (χ2n) is 5.50. The number of hydrogen-bond donors (Lipinski definition) is 0. The van der Waals surface area contributed by atoms with Gasteiger partial charge < -0.3 is 0 Å². The standard InChI is InChI=1S/C18H18Cl2N2/c1-11-5-12(2)8-15(7-11)21-17(19)18(20)22-16-9-13(3)6-14(4)10-16/h5-10H,1-4H3. The molecule has 2 rings (SSSR count). The van der Waals surface area contributed by atoms with Crippen molar-refractivity contribution in [3.05, 3.63) is 58.7 Å². The van der Waals surface area contributed by atoms with Crippen molar-refractivity contribution in [1.29, 1.82) is 0 Å². The molecule has 114 valence electrons. The highest BCUT2D eigenvalue weighted by molar-refractivity contribution is 7.00. The Hall–Kier alpha value is -1.64. The number of halogens is 2. The Bertz CT molecular complexity index is 656. The third-order valence-electron chi connectivity index (χ3n) is 3.04. The van der Waals surface area contributed by atoms with E-state index in [9.17, 15) is 0 Å². The summed E-state index contributed by atoms with van der Waals surface area (Å²) in [7, 11) is 0. The maximum absolute atomic E-state index is 6.19. The summed E-state index contributed by atoms with van der Waals surface area (Å²) in [5, 5.41) is 0.372. The van der Waals surface area contributed by atoms with E-state index in [1.807, 2.05) is 52.0 Å². The number of nitrogens with zero attached hydrogens (tertiary/aromatic N) is 2. The van der Waals surface area contributed by atoms with Crippen molar-refractivity contribution >= 4 is 44.9 Å². The van der Waals surface area contributed by atoms with Crippen LogP contribution in [0.1, 0.15) is 22.3 Å². The fourth-order valence-electron chi connectivity index (χ4n) is 2.35. The molecule has 0 N–H and O–H groups in total. The average molecular weight is 333 g/mol. The van der Waals surface area contributed by atoms with Gasteiger partial charge in [0.1, 0.15) is 0 Å². The van der Waals surface area contributed by atoms with Gasteiger partial charge in [0.15, 0.2) is 10.3 Å². The van der Waals surface area contributed by atoms with Crippen LogP contribution in [0.25, 0.3) is 0 Å². The van der Waals surface area contributed by atoms with Crippen molar-refractivity contribution in [2.24, 2.45) is 9.98 Å². The quantitative estimate of drug-likeness (QED) is 0.601. The lowest BCUT2D eigenvalue weighted by Crippen LogP contribution is -1.98. The monoisotopic (exact) mass is 332 g/mol. The Morgan fingerprint density at radius 1 is 0.591 bits per heavy atom. The molecule has 22 heavy (non-hydrogen) atoms. The lowest BCUT2D eigenvalue weighted by Gasteiger charge is -2.03. The molecule has 0 heterocycles. The van der Waals surface area contributed by atoms with Crippen LogP contribution in [0.2, 0.25) is 0 Å². The molecule has 0 unspecified atom stereocenters. The minimum Gasteiger partial charge on any atom is -0.233 e. The minimum absolute atomic E-state index is 0.186. The third kappa shape index (κ3) is 4.69. The van der Waals surface area contributed by atoms with Crippen LogP contribution in [-0.4, -0.2) is 10.3 Å². The largest absolute Gasteiger partial charge is 0.233 e. The SMILES string of the molecule is Cc1cc(C)cc(N=C(Cl)C(Cl)=Nc2cc(C)cc(C)c2)c1. The number of aliphatic imine (C=N–C) groups is 2. The topological polar surface area (TPSA) is 24.7 Å². The number of hydrogen-bond acceptors (Lipinski definition) is 2. The first-order chi connectivity index (χ1) is 10.3. The Balaban J connectivity index is 2.32. The molecule has 0 spiro atoms. The lowest BCUT2D eigenvalue weighted by molar-refractivity contribution is 1.36. The highest BCUT2D eigenvalue weighted by atomic mass is 35.5. The van der Waals surface area contributed by atoms with Crippen molar-refractivity contribution in [2.75, 3.05) is 0 Å². The van der Waals surface area contributed by atoms with Crippen molar-refractivity contribution in [1.82, 2.24) is 0 Å². The van der Waals surface area contributed by atoms with Gasteiger partial charge in [-0.05, 0) is 74.2 Å². The molecule has 0 aliphatic carbocycles. The van der Waals surface area contributed by atoms with Crippen LogP contribution < -0.4 is 0 Å². The molecule has 0 aliphatic heterocycles. The molecular weight excluding hydrogens is 315 g/mol. The predicted octanol–water partition coefficient (Wildman–Crippen LogP) is 6.16. The van der Waals surface area contributed by atoms with Crippen LogP contribution in [0.15, 0.2) is 46.4 Å². The zero-order valence-corrected chi connectivity index (χ0v) is 14.6. The average Bonchev–Trinajstić information content (AvgIpc) is 2.35. The third-order valence-corrected chi connectivity index (χ3v) is 3.66. The van der Waals surface area contributed by atoms with Crippen molar-refractivity contribution in [3.8, 4) is 0 Å². The molecule has 2 nitrogen and oxygen atoms in total. The van der Waals surface area contributed by atoms with Gasteiger partial charge >= 0.3 is 0 Å². The van der Waals surface area contributed by atoms with E-state index in [4.69, 9.17) is 23.2 Å². The summed E-state index contributed by atoms with van der Waals surface area (Å²) in [5.41, 5.74) is 6.07. The second kappa shape index (κ2) is 7.08. The van der Waals surface area contributed by atoms with Gasteiger partial charge in [0, 0.05) is 0 Å². The van der Waals surface area contributed by atoms with E-state index in [0.29, 0.717) is 0 Å². The van der Waals surface area contributed by atoms with Crippen molar-refractivity contribution in [3.63, 3.8) is 0 Å². The van der Waals surface area contributed by atoms with Gasteiger partial charge in [-0.25, -0.2) is 9.98 Å². The smallest absolute Gasteiger partial charge is 0.166 e. The summed E-state index contributed by atoms with van der Waals surface area (Å²) >= 11 is 12.4. The van der Waals surface area contributed by atoms with Crippen LogP contribution in [0.5, 0.6) is 0 Å². The molecule has 0 bridgehead atoms. The van der Waals surface area contributed by atoms with Gasteiger partial charge in [0.25, 0.3) is 0 Å². The zero-order valence-electron chi connectivity index (χ0n) is 13.1. The first-order valence-electron chi connectivity index (χ1n) is 6.99. The fraction of sp³-hybridized carbons (Fsp3) is 0.222. The Morgan fingerprint density at radius 2 is 0.864 bits per heavy atom. The van der Waals surface area contributed by atoms with E-state index in [1.54, 1.807) is 0 Å². The molecule has 0 aliphatic rings. The molecule has 0 amide bonds. The number of aryl methyl sites for hydroxylation is 4. The lowest BCUT2D eigenvalue weighted by atomic mass is 10.1. The number of rotatable bonds is 3. The highest BCUT2D eigenvalue weighted by Crippen LogP contribution is 2.21. The maximum atomic E-state index is 6.19. The molecule has 0 saturated heterocycles. The van der Waals surface area contributed by atoms with Crippen molar-refractivity contribution in [2.45, 2.75) is 27.7 Å². The summed E-state index contributed by atoms with van der Waals surface area (Å²) in [6.07, 6.45) is 0. The van der Waals surface area contributed by atoms with Crippen LogP contribution in [-0.2, 0) is 0 Å². The van der Waals surface area contributed by atoms with Crippen LogP contribution in [0.3, 0.4) is 0 Å². The van der Waals surface area contributed by atoms with E-state index in [-0.39, 0.29) is 10.3 Å².